The summed E-state index contributed by atoms with van der Waals surface area (Å²) in [5, 5.41) is 8.22. The zero-order valence-electron chi connectivity index (χ0n) is 18.2. The molecule has 3 heterocycles. The third kappa shape index (κ3) is 4.44. The highest BCUT2D eigenvalue weighted by Gasteiger charge is 2.36. The van der Waals surface area contributed by atoms with Crippen LogP contribution in [0.25, 0.3) is 23.0 Å². The number of para-hydroxylation sites is 2. The Bertz CT molecular complexity index is 1400. The maximum atomic E-state index is 13.4. The molecule has 5 aromatic rings. The van der Waals surface area contributed by atoms with E-state index in [4.69, 9.17) is 0 Å². The lowest BCUT2D eigenvalue weighted by Crippen LogP contribution is -2.33. The van der Waals surface area contributed by atoms with Crippen LogP contribution in [0, 0.1) is 0 Å². The lowest BCUT2D eigenvalue weighted by Gasteiger charge is -2.10. The minimum absolute atomic E-state index is 0.0376. The number of rotatable bonds is 4. The standard InChI is InChI=1S/C24H16F6N6/c25-23(26,27)17-5-1-3-7-19(17)33-11-13-35(15-33)21-9-10-22(32-31-21)36-14-12-34(16-36)20-8-4-2-6-18(20)24(28,29)30/h1-16H/q+2. The van der Waals surface area contributed by atoms with Crippen molar-refractivity contribution < 1.29 is 35.5 Å². The quantitative estimate of drug-likeness (QED) is 0.265. The fraction of sp³-hybridized carbons (Fsp3) is 0.0833. The van der Waals surface area contributed by atoms with E-state index in [1.807, 2.05) is 0 Å². The van der Waals surface area contributed by atoms with Crippen molar-refractivity contribution in [2.24, 2.45) is 0 Å². The van der Waals surface area contributed by atoms with Gasteiger partial charge in [-0.2, -0.15) is 26.3 Å². The molecule has 0 spiro atoms. The summed E-state index contributed by atoms with van der Waals surface area (Å²) in [7, 11) is 0. The van der Waals surface area contributed by atoms with Crippen LogP contribution in [-0.4, -0.2) is 19.3 Å². The highest BCUT2D eigenvalue weighted by Crippen LogP contribution is 2.34. The van der Waals surface area contributed by atoms with Crippen LogP contribution in [0.2, 0.25) is 0 Å². The van der Waals surface area contributed by atoms with E-state index in [9.17, 15) is 26.3 Å². The Balaban J connectivity index is 1.41. The van der Waals surface area contributed by atoms with E-state index in [2.05, 4.69) is 10.2 Å². The Hall–Kier alpha value is -4.48. The SMILES string of the molecule is FC(F)(F)c1ccccc1-n1cc[n+](-c2ccc(-[n+]3ccn(-c4ccccc4C(F)(F)F)c3)nn2)c1. The maximum Gasteiger partial charge on any atom is 0.419 e. The van der Waals surface area contributed by atoms with Gasteiger partial charge in [-0.25, -0.2) is 18.3 Å². The summed E-state index contributed by atoms with van der Waals surface area (Å²) in [5.74, 6) is 0.675. The molecule has 2 aromatic carbocycles. The molecule has 0 radical (unpaired) electrons. The predicted octanol–water partition coefficient (Wildman–Crippen LogP) is 4.65. The molecule has 3 aromatic heterocycles. The van der Waals surface area contributed by atoms with Gasteiger partial charge in [0.15, 0.2) is 12.7 Å². The zero-order valence-corrected chi connectivity index (χ0v) is 18.2. The van der Waals surface area contributed by atoms with Gasteiger partial charge in [-0.15, -0.1) is 0 Å². The molecule has 0 saturated heterocycles. The van der Waals surface area contributed by atoms with Crippen molar-refractivity contribution >= 4 is 0 Å². The highest BCUT2D eigenvalue weighted by molar-refractivity contribution is 5.43. The molecule has 0 atom stereocenters. The molecule has 0 aliphatic rings. The molecule has 6 nitrogen and oxygen atoms in total. The lowest BCUT2D eigenvalue weighted by molar-refractivity contribution is -0.605. The van der Waals surface area contributed by atoms with Crippen LogP contribution in [0.4, 0.5) is 26.3 Å². The first-order valence-electron chi connectivity index (χ1n) is 10.5. The van der Waals surface area contributed by atoms with Crippen LogP contribution < -0.4 is 9.13 Å². The van der Waals surface area contributed by atoms with Gasteiger partial charge >= 0.3 is 24.0 Å². The minimum Gasteiger partial charge on any atom is -0.236 e. The van der Waals surface area contributed by atoms with Crippen LogP contribution in [-0.2, 0) is 12.4 Å². The first kappa shape index (κ1) is 23.3. The Morgan fingerprint density at radius 1 is 0.556 bits per heavy atom. The minimum atomic E-state index is -4.51. The van der Waals surface area contributed by atoms with Crippen molar-refractivity contribution in [2.45, 2.75) is 12.4 Å². The van der Waals surface area contributed by atoms with Gasteiger partial charge in [0.2, 0.25) is 0 Å². The van der Waals surface area contributed by atoms with Crippen molar-refractivity contribution in [3.05, 3.63) is 109 Å². The summed E-state index contributed by atoms with van der Waals surface area (Å²) in [6, 6.07) is 13.6. The van der Waals surface area contributed by atoms with Crippen molar-refractivity contribution in [1.82, 2.24) is 19.3 Å². The third-order valence-corrected chi connectivity index (χ3v) is 5.41. The number of hydrogen-bond acceptors (Lipinski definition) is 2. The Kier molecular flexibility index (Phi) is 5.58. The van der Waals surface area contributed by atoms with Crippen LogP contribution >= 0.6 is 0 Å². The molecule has 0 aliphatic carbocycles. The Labute approximate surface area is 199 Å². The van der Waals surface area contributed by atoms with Gasteiger partial charge in [0.05, 0.1) is 33.7 Å². The van der Waals surface area contributed by atoms with Crippen LogP contribution in [0.5, 0.6) is 0 Å². The molecule has 0 unspecified atom stereocenters. The van der Waals surface area contributed by atoms with Crippen molar-refractivity contribution in [1.29, 1.82) is 0 Å². The maximum absolute atomic E-state index is 13.4. The third-order valence-electron chi connectivity index (χ3n) is 5.41. The fourth-order valence-corrected chi connectivity index (χ4v) is 3.74. The Morgan fingerprint density at radius 2 is 0.944 bits per heavy atom. The smallest absolute Gasteiger partial charge is 0.236 e. The monoisotopic (exact) mass is 502 g/mol. The molecule has 0 bridgehead atoms. The molecule has 12 heteroatoms. The van der Waals surface area contributed by atoms with Gasteiger partial charge in [0.1, 0.15) is 23.8 Å². The van der Waals surface area contributed by atoms with Crippen molar-refractivity contribution in [3.63, 3.8) is 0 Å². The summed E-state index contributed by atoms with van der Waals surface area (Å²) in [6.07, 6.45) is -0.149. The molecule has 0 fully saturated rings. The number of imidazole rings is 2. The fourth-order valence-electron chi connectivity index (χ4n) is 3.74. The van der Waals surface area contributed by atoms with Crippen LogP contribution in [0.3, 0.4) is 0 Å². The average molecular weight is 502 g/mol. The first-order valence-corrected chi connectivity index (χ1v) is 10.5. The van der Waals surface area contributed by atoms with E-state index >= 15 is 0 Å². The molecule has 182 valence electrons. The van der Waals surface area contributed by atoms with E-state index in [0.717, 1.165) is 12.1 Å². The van der Waals surface area contributed by atoms with Crippen molar-refractivity contribution in [3.8, 4) is 23.0 Å². The molecule has 36 heavy (non-hydrogen) atoms. The molecular weight excluding hydrogens is 486 g/mol. The number of aromatic nitrogens is 6. The predicted molar refractivity (Wildman–Crippen MR) is 114 cm³/mol. The Morgan fingerprint density at radius 3 is 1.31 bits per heavy atom. The number of hydrogen-bond donors (Lipinski definition) is 0. The average Bonchev–Trinajstić information content (AvgIpc) is 3.54. The normalized spacial score (nSPS) is 12.2. The second kappa shape index (κ2) is 8.63. The summed E-state index contributed by atoms with van der Waals surface area (Å²) in [5.41, 5.74) is -1.63. The first-order chi connectivity index (χ1) is 17.1. The van der Waals surface area contributed by atoms with E-state index in [1.54, 1.807) is 12.1 Å². The molecule has 0 amide bonds. The summed E-state index contributed by atoms with van der Waals surface area (Å²) >= 11 is 0. The largest absolute Gasteiger partial charge is 0.419 e. The van der Waals surface area contributed by atoms with E-state index < -0.39 is 23.5 Å². The van der Waals surface area contributed by atoms with Crippen LogP contribution in [0.1, 0.15) is 11.1 Å². The highest BCUT2D eigenvalue weighted by atomic mass is 19.4. The second-order valence-corrected chi connectivity index (χ2v) is 7.74. The number of alkyl halides is 6. The van der Waals surface area contributed by atoms with Gasteiger partial charge in [0, 0.05) is 12.1 Å². The topological polar surface area (TPSA) is 43.4 Å². The molecule has 0 N–H and O–H groups in total. The number of benzene rings is 2. The molecule has 0 saturated carbocycles. The molecule has 5 rings (SSSR count). The summed E-state index contributed by atoms with van der Waals surface area (Å²) in [6.45, 7) is 0. The van der Waals surface area contributed by atoms with Gasteiger partial charge in [-0.3, -0.25) is 0 Å². The molecular formula is C24H16F6N6+2. The lowest BCUT2D eigenvalue weighted by atomic mass is 10.1. The van der Waals surface area contributed by atoms with Gasteiger partial charge in [-0.05, 0) is 24.3 Å². The van der Waals surface area contributed by atoms with Crippen LogP contribution in [0.15, 0.2) is 98.1 Å². The zero-order chi connectivity index (χ0) is 25.5. The van der Waals surface area contributed by atoms with E-state index in [0.29, 0.717) is 11.6 Å². The summed E-state index contributed by atoms with van der Waals surface area (Å²) < 4.78 is 85.8. The second-order valence-electron chi connectivity index (χ2n) is 7.74. The van der Waals surface area contributed by atoms with Gasteiger partial charge < -0.3 is 0 Å². The van der Waals surface area contributed by atoms with E-state index in [1.165, 1.54) is 92.1 Å². The number of halogens is 6. The van der Waals surface area contributed by atoms with E-state index in [-0.39, 0.29) is 11.4 Å². The number of nitrogens with zero attached hydrogens (tertiary/aromatic N) is 6. The molecule has 0 aliphatic heterocycles. The summed E-state index contributed by atoms with van der Waals surface area (Å²) in [4.78, 5) is 0. The van der Waals surface area contributed by atoms with Gasteiger partial charge in [-0.1, -0.05) is 24.3 Å². The van der Waals surface area contributed by atoms with Gasteiger partial charge in [0.25, 0.3) is 0 Å². The van der Waals surface area contributed by atoms with Crippen molar-refractivity contribution in [2.75, 3.05) is 0 Å².